The smallest absolute Gasteiger partial charge is 0.240 e. The first kappa shape index (κ1) is 17.9. The topological polar surface area (TPSA) is 55.4 Å². The van der Waals surface area contributed by atoms with Crippen LogP contribution >= 0.6 is 15.9 Å². The second-order valence-corrected chi connectivity index (χ2v) is 7.66. The van der Waals surface area contributed by atoms with E-state index in [0.717, 1.165) is 16.1 Å². The third-order valence-electron chi connectivity index (χ3n) is 3.37. The van der Waals surface area contributed by atoms with Crippen molar-refractivity contribution in [1.82, 2.24) is 4.72 Å². The zero-order chi connectivity index (χ0) is 17.0. The number of nitrogens with one attached hydrogen (secondary N) is 1. The van der Waals surface area contributed by atoms with E-state index in [1.165, 1.54) is 12.1 Å². The number of benzene rings is 2. The van der Waals surface area contributed by atoms with Crippen molar-refractivity contribution in [2.75, 3.05) is 13.7 Å². The Hall–Kier alpha value is -1.44. The van der Waals surface area contributed by atoms with Crippen LogP contribution in [0.2, 0.25) is 0 Å². The Balaban J connectivity index is 2.11. The largest absolute Gasteiger partial charge is 0.496 e. The fourth-order valence-corrected chi connectivity index (χ4v) is 3.90. The molecule has 2 aromatic rings. The van der Waals surface area contributed by atoms with Crippen LogP contribution < -0.4 is 9.46 Å². The van der Waals surface area contributed by atoms with Crippen LogP contribution in [0.1, 0.15) is 11.1 Å². The Kier molecular flexibility index (Phi) is 5.78. The summed E-state index contributed by atoms with van der Waals surface area (Å²) in [4.78, 5) is -0.0429. The Morgan fingerprint density at radius 2 is 1.96 bits per heavy atom. The van der Waals surface area contributed by atoms with Crippen molar-refractivity contribution in [2.24, 2.45) is 0 Å². The summed E-state index contributed by atoms with van der Waals surface area (Å²) >= 11 is 3.38. The summed E-state index contributed by atoms with van der Waals surface area (Å²) < 4.78 is 46.5. The molecule has 0 radical (unpaired) electrons. The van der Waals surface area contributed by atoms with E-state index in [0.29, 0.717) is 17.7 Å². The van der Waals surface area contributed by atoms with Crippen LogP contribution in [0.15, 0.2) is 45.8 Å². The molecular weight excluding hydrogens is 385 g/mol. The molecule has 7 heteroatoms. The molecular formula is C16H17BrFNO3S. The molecule has 0 fully saturated rings. The number of hydrogen-bond donors (Lipinski definition) is 1. The van der Waals surface area contributed by atoms with Gasteiger partial charge in [-0.25, -0.2) is 17.5 Å². The Morgan fingerprint density at radius 3 is 2.65 bits per heavy atom. The van der Waals surface area contributed by atoms with Crippen molar-refractivity contribution in [3.63, 3.8) is 0 Å². The first-order chi connectivity index (χ1) is 10.8. The molecule has 0 spiro atoms. The molecule has 23 heavy (non-hydrogen) atoms. The molecule has 0 aliphatic carbocycles. The minimum absolute atomic E-state index is 0.0429. The third-order valence-corrected chi connectivity index (χ3v) is 5.46. The molecule has 124 valence electrons. The van der Waals surface area contributed by atoms with Gasteiger partial charge < -0.3 is 4.74 Å². The van der Waals surface area contributed by atoms with E-state index >= 15 is 0 Å². The molecule has 4 nitrogen and oxygen atoms in total. The average Bonchev–Trinajstić information content (AvgIpc) is 2.49. The Labute approximate surface area is 143 Å². The zero-order valence-electron chi connectivity index (χ0n) is 12.8. The van der Waals surface area contributed by atoms with Gasteiger partial charge in [0.1, 0.15) is 11.6 Å². The first-order valence-electron chi connectivity index (χ1n) is 6.92. The zero-order valence-corrected chi connectivity index (χ0v) is 15.2. The standard InChI is InChI=1S/C16H17BrFNO3S/c1-11-3-5-14(18)10-16(11)23(20,21)19-8-7-12-9-13(17)4-6-15(12)22-2/h3-6,9-10,19H,7-8H2,1-2H3. The number of methoxy groups -OCH3 is 1. The van der Waals surface area contributed by atoms with Crippen LogP contribution in [0.5, 0.6) is 5.75 Å². The van der Waals surface area contributed by atoms with Crippen LogP contribution in [-0.4, -0.2) is 22.1 Å². The summed E-state index contributed by atoms with van der Waals surface area (Å²) in [5.41, 5.74) is 1.37. The van der Waals surface area contributed by atoms with E-state index in [1.54, 1.807) is 14.0 Å². The summed E-state index contributed by atoms with van der Waals surface area (Å²) in [6.45, 7) is 1.82. The van der Waals surface area contributed by atoms with E-state index in [1.807, 2.05) is 18.2 Å². The van der Waals surface area contributed by atoms with Crippen LogP contribution in [0.3, 0.4) is 0 Å². The lowest BCUT2D eigenvalue weighted by Gasteiger charge is -2.11. The maximum absolute atomic E-state index is 13.3. The highest BCUT2D eigenvalue weighted by atomic mass is 79.9. The summed E-state index contributed by atoms with van der Waals surface area (Å²) in [6.07, 6.45) is 0.455. The van der Waals surface area contributed by atoms with Crippen molar-refractivity contribution in [2.45, 2.75) is 18.2 Å². The molecule has 0 aliphatic heterocycles. The molecule has 0 atom stereocenters. The Bertz CT molecular complexity index is 809. The van der Waals surface area contributed by atoms with Crippen LogP contribution in [0.4, 0.5) is 4.39 Å². The predicted octanol–water partition coefficient (Wildman–Crippen LogP) is 3.43. The van der Waals surface area contributed by atoms with Crippen molar-refractivity contribution < 1.29 is 17.5 Å². The van der Waals surface area contributed by atoms with Crippen molar-refractivity contribution >= 4 is 26.0 Å². The van der Waals surface area contributed by atoms with Crippen molar-refractivity contribution in [1.29, 1.82) is 0 Å². The summed E-state index contributed by atoms with van der Waals surface area (Å²) in [7, 11) is -2.19. The lowest BCUT2D eigenvalue weighted by Crippen LogP contribution is -2.26. The fraction of sp³-hybridized carbons (Fsp3) is 0.250. The minimum atomic E-state index is -3.76. The van der Waals surface area contributed by atoms with E-state index in [2.05, 4.69) is 20.7 Å². The fourth-order valence-electron chi connectivity index (χ4n) is 2.20. The van der Waals surface area contributed by atoms with E-state index in [9.17, 15) is 12.8 Å². The van der Waals surface area contributed by atoms with E-state index < -0.39 is 15.8 Å². The van der Waals surface area contributed by atoms with Crippen LogP contribution in [0, 0.1) is 12.7 Å². The number of rotatable bonds is 6. The highest BCUT2D eigenvalue weighted by molar-refractivity contribution is 9.10. The van der Waals surface area contributed by atoms with Gasteiger partial charge in [-0.05, 0) is 54.8 Å². The molecule has 0 bridgehead atoms. The van der Waals surface area contributed by atoms with Gasteiger partial charge in [-0.2, -0.15) is 0 Å². The van der Waals surface area contributed by atoms with Gasteiger partial charge in [-0.15, -0.1) is 0 Å². The van der Waals surface area contributed by atoms with Crippen molar-refractivity contribution in [3.8, 4) is 5.75 Å². The van der Waals surface area contributed by atoms with Gasteiger partial charge >= 0.3 is 0 Å². The first-order valence-corrected chi connectivity index (χ1v) is 9.19. The minimum Gasteiger partial charge on any atom is -0.496 e. The quantitative estimate of drug-likeness (QED) is 0.806. The summed E-state index contributed by atoms with van der Waals surface area (Å²) in [6, 6.07) is 9.24. The lowest BCUT2D eigenvalue weighted by atomic mass is 10.1. The Morgan fingerprint density at radius 1 is 1.22 bits per heavy atom. The number of halogens is 2. The molecule has 0 heterocycles. The van der Waals surface area contributed by atoms with E-state index in [-0.39, 0.29) is 11.4 Å². The molecule has 2 rings (SSSR count). The number of aryl methyl sites for hydroxylation is 1. The van der Waals surface area contributed by atoms with Crippen LogP contribution in [-0.2, 0) is 16.4 Å². The molecule has 0 saturated carbocycles. The van der Waals surface area contributed by atoms with E-state index in [4.69, 9.17) is 4.74 Å². The molecule has 1 N–H and O–H groups in total. The number of ether oxygens (including phenoxy) is 1. The molecule has 2 aromatic carbocycles. The second kappa shape index (κ2) is 7.42. The molecule has 0 unspecified atom stereocenters. The van der Waals surface area contributed by atoms with Gasteiger partial charge in [0.25, 0.3) is 0 Å². The van der Waals surface area contributed by atoms with Gasteiger partial charge in [0.15, 0.2) is 0 Å². The molecule has 0 amide bonds. The average molecular weight is 402 g/mol. The normalized spacial score (nSPS) is 11.5. The predicted molar refractivity (Wildman–Crippen MR) is 90.7 cm³/mol. The summed E-state index contributed by atoms with van der Waals surface area (Å²) in [5.74, 6) is 0.110. The second-order valence-electron chi connectivity index (χ2n) is 5.01. The maximum atomic E-state index is 13.3. The lowest BCUT2D eigenvalue weighted by molar-refractivity contribution is 0.409. The monoisotopic (exact) mass is 401 g/mol. The number of hydrogen-bond acceptors (Lipinski definition) is 3. The maximum Gasteiger partial charge on any atom is 0.240 e. The highest BCUT2D eigenvalue weighted by Crippen LogP contribution is 2.23. The van der Waals surface area contributed by atoms with Gasteiger partial charge in [-0.3, -0.25) is 0 Å². The SMILES string of the molecule is COc1ccc(Br)cc1CCNS(=O)(=O)c1cc(F)ccc1C. The summed E-state index contributed by atoms with van der Waals surface area (Å²) in [5, 5.41) is 0. The third kappa shape index (κ3) is 4.53. The van der Waals surface area contributed by atoms with Gasteiger partial charge in [-0.1, -0.05) is 22.0 Å². The van der Waals surface area contributed by atoms with Crippen LogP contribution in [0.25, 0.3) is 0 Å². The molecule has 0 saturated heterocycles. The highest BCUT2D eigenvalue weighted by Gasteiger charge is 2.17. The number of sulfonamides is 1. The molecule has 0 aliphatic rings. The van der Waals surface area contributed by atoms with Gasteiger partial charge in [0.2, 0.25) is 10.0 Å². The van der Waals surface area contributed by atoms with Gasteiger partial charge in [0, 0.05) is 11.0 Å². The van der Waals surface area contributed by atoms with Crippen molar-refractivity contribution in [3.05, 3.63) is 57.8 Å². The van der Waals surface area contributed by atoms with Gasteiger partial charge in [0.05, 0.1) is 12.0 Å². The molecule has 0 aromatic heterocycles.